The minimum absolute atomic E-state index is 0.841. The molecule has 3 heteroatoms. The SMILES string of the molecule is CNCc1ccc(N(C)CC2CCN(C)CC2)cc1C. The fraction of sp³-hybridized carbons (Fsp3) is 0.647. The second-order valence-corrected chi connectivity index (χ2v) is 6.27. The van der Waals surface area contributed by atoms with Crippen LogP contribution in [0.4, 0.5) is 5.69 Å². The fourth-order valence-electron chi connectivity index (χ4n) is 3.04. The molecule has 0 aliphatic carbocycles. The molecule has 0 unspecified atom stereocenters. The van der Waals surface area contributed by atoms with E-state index in [1.54, 1.807) is 0 Å². The first kappa shape index (κ1) is 15.3. The lowest BCUT2D eigenvalue weighted by Gasteiger charge is -2.32. The monoisotopic (exact) mass is 275 g/mol. The van der Waals surface area contributed by atoms with Gasteiger partial charge in [0.15, 0.2) is 0 Å². The molecule has 0 spiro atoms. The van der Waals surface area contributed by atoms with E-state index >= 15 is 0 Å². The number of hydrogen-bond donors (Lipinski definition) is 1. The Morgan fingerprint density at radius 1 is 1.30 bits per heavy atom. The average molecular weight is 275 g/mol. The second-order valence-electron chi connectivity index (χ2n) is 6.27. The molecule has 0 radical (unpaired) electrons. The Morgan fingerprint density at radius 3 is 2.60 bits per heavy atom. The van der Waals surface area contributed by atoms with Crippen LogP contribution in [0.5, 0.6) is 0 Å². The average Bonchev–Trinajstić information content (AvgIpc) is 2.44. The molecule has 0 aromatic heterocycles. The Kier molecular flexibility index (Phi) is 5.44. The zero-order valence-corrected chi connectivity index (χ0v) is 13.4. The van der Waals surface area contributed by atoms with Gasteiger partial charge in [0.1, 0.15) is 0 Å². The number of aryl methyl sites for hydroxylation is 1. The molecule has 1 aliphatic rings. The van der Waals surface area contributed by atoms with Gasteiger partial charge in [-0.2, -0.15) is 0 Å². The molecule has 1 fully saturated rings. The first-order valence-electron chi connectivity index (χ1n) is 7.74. The van der Waals surface area contributed by atoms with E-state index in [9.17, 15) is 0 Å². The molecule has 1 aromatic carbocycles. The van der Waals surface area contributed by atoms with Crippen molar-refractivity contribution in [3.63, 3.8) is 0 Å². The Hall–Kier alpha value is -1.06. The van der Waals surface area contributed by atoms with Crippen molar-refractivity contribution in [2.75, 3.05) is 45.7 Å². The molecule has 1 aliphatic heterocycles. The number of anilines is 1. The van der Waals surface area contributed by atoms with Gasteiger partial charge < -0.3 is 15.1 Å². The van der Waals surface area contributed by atoms with Crippen molar-refractivity contribution in [3.05, 3.63) is 29.3 Å². The lowest BCUT2D eigenvalue weighted by atomic mass is 9.96. The van der Waals surface area contributed by atoms with Gasteiger partial charge in [-0.25, -0.2) is 0 Å². The predicted molar refractivity (Wildman–Crippen MR) is 87.4 cm³/mol. The molecule has 0 atom stereocenters. The molecule has 1 aromatic rings. The van der Waals surface area contributed by atoms with E-state index < -0.39 is 0 Å². The summed E-state index contributed by atoms with van der Waals surface area (Å²) >= 11 is 0. The number of hydrogen-bond acceptors (Lipinski definition) is 3. The highest BCUT2D eigenvalue weighted by molar-refractivity contribution is 5.50. The zero-order chi connectivity index (χ0) is 14.5. The summed E-state index contributed by atoms with van der Waals surface area (Å²) in [7, 11) is 6.45. The van der Waals surface area contributed by atoms with Crippen molar-refractivity contribution >= 4 is 5.69 Å². The van der Waals surface area contributed by atoms with Crippen LogP contribution in [0.1, 0.15) is 24.0 Å². The Morgan fingerprint density at radius 2 is 2.00 bits per heavy atom. The number of piperidine rings is 1. The van der Waals surface area contributed by atoms with Crippen LogP contribution in [0, 0.1) is 12.8 Å². The Labute approximate surface area is 124 Å². The van der Waals surface area contributed by atoms with Crippen LogP contribution >= 0.6 is 0 Å². The van der Waals surface area contributed by atoms with Crippen molar-refractivity contribution in [2.24, 2.45) is 5.92 Å². The maximum absolute atomic E-state index is 3.23. The smallest absolute Gasteiger partial charge is 0.0366 e. The van der Waals surface area contributed by atoms with Crippen molar-refractivity contribution < 1.29 is 0 Å². The third-order valence-electron chi connectivity index (χ3n) is 4.50. The van der Waals surface area contributed by atoms with Gasteiger partial charge in [-0.3, -0.25) is 0 Å². The molecule has 0 saturated carbocycles. The third-order valence-corrected chi connectivity index (χ3v) is 4.50. The molecule has 20 heavy (non-hydrogen) atoms. The first-order chi connectivity index (χ1) is 9.60. The van der Waals surface area contributed by atoms with Crippen LogP contribution in [0.25, 0.3) is 0 Å². The van der Waals surface area contributed by atoms with Crippen LogP contribution in [-0.4, -0.2) is 45.7 Å². The van der Waals surface area contributed by atoms with Gasteiger partial charge in [0, 0.05) is 25.8 Å². The van der Waals surface area contributed by atoms with Crippen LogP contribution < -0.4 is 10.2 Å². The van der Waals surface area contributed by atoms with E-state index in [2.05, 4.69) is 54.3 Å². The van der Waals surface area contributed by atoms with E-state index in [0.717, 1.165) is 12.5 Å². The van der Waals surface area contributed by atoms with Crippen LogP contribution in [-0.2, 0) is 6.54 Å². The maximum Gasteiger partial charge on any atom is 0.0366 e. The third kappa shape index (κ3) is 3.97. The minimum Gasteiger partial charge on any atom is -0.374 e. The summed E-state index contributed by atoms with van der Waals surface area (Å²) in [6.45, 7) is 6.83. The fourth-order valence-corrected chi connectivity index (χ4v) is 3.04. The standard InChI is InChI=1S/C17H29N3/c1-14-11-17(6-5-16(14)12-18-2)20(4)13-15-7-9-19(3)10-8-15/h5-6,11,15,18H,7-10,12-13H2,1-4H3. The predicted octanol–water partition coefficient (Wildman–Crippen LogP) is 2.49. The largest absolute Gasteiger partial charge is 0.374 e. The van der Waals surface area contributed by atoms with Gasteiger partial charge in [0.05, 0.1) is 0 Å². The zero-order valence-electron chi connectivity index (χ0n) is 13.4. The van der Waals surface area contributed by atoms with Crippen molar-refractivity contribution in [2.45, 2.75) is 26.3 Å². The van der Waals surface area contributed by atoms with Crippen LogP contribution in [0.3, 0.4) is 0 Å². The van der Waals surface area contributed by atoms with E-state index in [4.69, 9.17) is 0 Å². The molecule has 3 nitrogen and oxygen atoms in total. The molecular formula is C17H29N3. The second kappa shape index (κ2) is 7.09. The van der Waals surface area contributed by atoms with Crippen LogP contribution in [0.2, 0.25) is 0 Å². The molecule has 1 N–H and O–H groups in total. The highest BCUT2D eigenvalue weighted by Gasteiger charge is 2.18. The van der Waals surface area contributed by atoms with E-state index in [1.807, 2.05) is 7.05 Å². The number of rotatable bonds is 5. The summed E-state index contributed by atoms with van der Waals surface area (Å²) in [5.74, 6) is 0.841. The quantitative estimate of drug-likeness (QED) is 0.891. The highest BCUT2D eigenvalue weighted by atomic mass is 15.1. The van der Waals surface area contributed by atoms with E-state index in [1.165, 1.54) is 49.3 Å². The van der Waals surface area contributed by atoms with Gasteiger partial charge in [-0.15, -0.1) is 0 Å². The van der Waals surface area contributed by atoms with Gasteiger partial charge in [-0.1, -0.05) is 6.07 Å². The molecule has 112 valence electrons. The summed E-state index contributed by atoms with van der Waals surface area (Å²) in [6.07, 6.45) is 2.66. The molecular weight excluding hydrogens is 246 g/mol. The normalized spacial score (nSPS) is 17.4. The summed E-state index contributed by atoms with van der Waals surface area (Å²) in [4.78, 5) is 4.86. The maximum atomic E-state index is 3.23. The molecule has 1 heterocycles. The first-order valence-corrected chi connectivity index (χ1v) is 7.74. The lowest BCUT2D eigenvalue weighted by molar-refractivity contribution is 0.222. The summed E-state index contributed by atoms with van der Waals surface area (Å²) < 4.78 is 0. The van der Waals surface area contributed by atoms with Gasteiger partial charge >= 0.3 is 0 Å². The molecule has 2 rings (SSSR count). The van der Waals surface area contributed by atoms with Gasteiger partial charge in [0.2, 0.25) is 0 Å². The lowest BCUT2D eigenvalue weighted by Crippen LogP contribution is -2.35. The van der Waals surface area contributed by atoms with E-state index in [0.29, 0.717) is 0 Å². The van der Waals surface area contributed by atoms with Gasteiger partial charge in [0.25, 0.3) is 0 Å². The minimum atomic E-state index is 0.841. The Balaban J connectivity index is 1.95. The molecule has 1 saturated heterocycles. The molecule has 0 amide bonds. The van der Waals surface area contributed by atoms with Crippen molar-refractivity contribution in [1.29, 1.82) is 0 Å². The number of nitrogens with zero attached hydrogens (tertiary/aromatic N) is 2. The highest BCUT2D eigenvalue weighted by Crippen LogP contribution is 2.22. The summed E-state index contributed by atoms with van der Waals surface area (Å²) in [5.41, 5.74) is 4.12. The number of nitrogens with one attached hydrogen (secondary N) is 1. The molecule has 0 bridgehead atoms. The summed E-state index contributed by atoms with van der Waals surface area (Å²) in [6, 6.07) is 6.84. The van der Waals surface area contributed by atoms with Gasteiger partial charge in [-0.05, 0) is 76.1 Å². The van der Waals surface area contributed by atoms with Crippen LogP contribution in [0.15, 0.2) is 18.2 Å². The number of benzene rings is 1. The Bertz CT molecular complexity index is 422. The van der Waals surface area contributed by atoms with Crippen molar-refractivity contribution in [3.8, 4) is 0 Å². The summed E-state index contributed by atoms with van der Waals surface area (Å²) in [5, 5.41) is 3.23. The van der Waals surface area contributed by atoms with Crippen molar-refractivity contribution in [1.82, 2.24) is 10.2 Å². The topological polar surface area (TPSA) is 18.5 Å². The van der Waals surface area contributed by atoms with E-state index in [-0.39, 0.29) is 0 Å². The number of likely N-dealkylation sites (tertiary alicyclic amines) is 1.